The lowest BCUT2D eigenvalue weighted by Gasteiger charge is -2.12. The van der Waals surface area contributed by atoms with Crippen LogP contribution in [-0.4, -0.2) is 18.4 Å². The van der Waals surface area contributed by atoms with E-state index in [1.54, 1.807) is 36.4 Å². The van der Waals surface area contributed by atoms with Crippen molar-refractivity contribution in [2.75, 3.05) is 17.2 Å². The van der Waals surface area contributed by atoms with E-state index < -0.39 is 0 Å². The number of carbonyl (C=O) groups is 2. The van der Waals surface area contributed by atoms with E-state index in [0.29, 0.717) is 46.7 Å². The van der Waals surface area contributed by atoms with Crippen LogP contribution in [-0.2, 0) is 4.79 Å². The maximum Gasteiger partial charge on any atom is 0.255 e. The summed E-state index contributed by atoms with van der Waals surface area (Å²) in [7, 11) is 0. The molecular weight excluding hydrogens is 364 g/mol. The van der Waals surface area contributed by atoms with Crippen LogP contribution in [0.25, 0.3) is 0 Å². The van der Waals surface area contributed by atoms with E-state index >= 15 is 0 Å². The first-order valence-electron chi connectivity index (χ1n) is 9.02. The number of amides is 2. The Balaban J connectivity index is 2.10. The molecule has 2 N–H and O–H groups in total. The van der Waals surface area contributed by atoms with E-state index in [2.05, 4.69) is 24.5 Å². The lowest BCUT2D eigenvalue weighted by Crippen LogP contribution is -2.14. The van der Waals surface area contributed by atoms with Crippen LogP contribution in [0.4, 0.5) is 11.4 Å². The maximum absolute atomic E-state index is 12.6. The number of rotatable bonds is 8. The molecule has 2 aromatic rings. The predicted molar refractivity (Wildman–Crippen MR) is 110 cm³/mol. The third-order valence-electron chi connectivity index (χ3n) is 3.65. The van der Waals surface area contributed by atoms with Gasteiger partial charge in [-0.05, 0) is 48.7 Å². The summed E-state index contributed by atoms with van der Waals surface area (Å²) in [6.45, 7) is 6.64. The molecule has 0 saturated carbocycles. The second kappa shape index (κ2) is 9.97. The molecule has 6 heteroatoms. The zero-order valence-corrected chi connectivity index (χ0v) is 16.6. The molecule has 0 atom stereocenters. The van der Waals surface area contributed by atoms with Crippen LogP contribution >= 0.6 is 11.6 Å². The molecule has 0 fully saturated rings. The molecule has 0 heterocycles. The Morgan fingerprint density at radius 3 is 2.59 bits per heavy atom. The first-order valence-corrected chi connectivity index (χ1v) is 9.40. The zero-order valence-electron chi connectivity index (χ0n) is 15.8. The van der Waals surface area contributed by atoms with Crippen molar-refractivity contribution in [2.24, 2.45) is 5.92 Å². The average Bonchev–Trinajstić information content (AvgIpc) is 2.63. The minimum atomic E-state index is -0.302. The van der Waals surface area contributed by atoms with Gasteiger partial charge in [0.2, 0.25) is 5.91 Å². The largest absolute Gasteiger partial charge is 0.493 e. The van der Waals surface area contributed by atoms with Crippen molar-refractivity contribution in [1.29, 1.82) is 0 Å². The van der Waals surface area contributed by atoms with Gasteiger partial charge in [0.15, 0.2) is 0 Å². The number of anilines is 2. The second-order valence-corrected chi connectivity index (χ2v) is 7.09. The molecule has 0 aliphatic heterocycles. The molecule has 27 heavy (non-hydrogen) atoms. The lowest BCUT2D eigenvalue weighted by atomic mass is 10.2. The highest BCUT2D eigenvalue weighted by atomic mass is 35.5. The van der Waals surface area contributed by atoms with Gasteiger partial charge < -0.3 is 15.4 Å². The van der Waals surface area contributed by atoms with Gasteiger partial charge in [-0.25, -0.2) is 0 Å². The van der Waals surface area contributed by atoms with E-state index in [9.17, 15) is 9.59 Å². The van der Waals surface area contributed by atoms with Crippen LogP contribution in [0.1, 0.15) is 44.0 Å². The van der Waals surface area contributed by atoms with Gasteiger partial charge in [0.05, 0.1) is 17.3 Å². The van der Waals surface area contributed by atoms with Crippen molar-refractivity contribution >= 4 is 34.8 Å². The van der Waals surface area contributed by atoms with E-state index in [4.69, 9.17) is 16.3 Å². The van der Waals surface area contributed by atoms with Crippen molar-refractivity contribution in [3.63, 3.8) is 0 Å². The summed E-state index contributed by atoms with van der Waals surface area (Å²) in [4.78, 5) is 24.3. The molecule has 5 nitrogen and oxygen atoms in total. The van der Waals surface area contributed by atoms with Crippen molar-refractivity contribution < 1.29 is 14.3 Å². The summed E-state index contributed by atoms with van der Waals surface area (Å²) in [6.07, 6.45) is 1.20. The molecule has 144 valence electrons. The fourth-order valence-corrected chi connectivity index (χ4v) is 2.50. The first kappa shape index (κ1) is 20.8. The molecule has 2 amide bonds. The van der Waals surface area contributed by atoms with Gasteiger partial charge in [0.1, 0.15) is 5.75 Å². The van der Waals surface area contributed by atoms with Crippen molar-refractivity contribution in [2.45, 2.75) is 33.6 Å². The van der Waals surface area contributed by atoms with Crippen LogP contribution in [0.15, 0.2) is 42.5 Å². The van der Waals surface area contributed by atoms with E-state index in [1.807, 2.05) is 13.0 Å². The van der Waals surface area contributed by atoms with Gasteiger partial charge in [-0.3, -0.25) is 9.59 Å². The average molecular weight is 389 g/mol. The Hall–Kier alpha value is -2.53. The Morgan fingerprint density at radius 2 is 1.89 bits per heavy atom. The quantitative estimate of drug-likeness (QED) is 0.639. The molecule has 0 aliphatic rings. The number of carbonyl (C=O) groups excluding carboxylic acids is 2. The Labute approximate surface area is 165 Å². The highest BCUT2D eigenvalue weighted by Gasteiger charge is 2.11. The lowest BCUT2D eigenvalue weighted by molar-refractivity contribution is -0.116. The molecule has 2 aromatic carbocycles. The number of ether oxygens (including phenoxy) is 1. The topological polar surface area (TPSA) is 67.4 Å². The van der Waals surface area contributed by atoms with Gasteiger partial charge >= 0.3 is 0 Å². The van der Waals surface area contributed by atoms with E-state index in [0.717, 1.165) is 6.42 Å². The minimum Gasteiger partial charge on any atom is -0.493 e. The summed E-state index contributed by atoms with van der Waals surface area (Å²) >= 11 is 6.19. The molecule has 0 radical (unpaired) electrons. The van der Waals surface area contributed by atoms with Crippen molar-refractivity contribution in [3.05, 3.63) is 53.1 Å². The predicted octanol–water partition coefficient (Wildman–Crippen LogP) is 5.37. The SMILES string of the molecule is CCCC(=O)Nc1ccc(Cl)c(NC(=O)c2cccc(OCC(C)C)c2)c1. The van der Waals surface area contributed by atoms with Crippen molar-refractivity contribution in [1.82, 2.24) is 0 Å². The number of halogens is 1. The van der Waals surface area contributed by atoms with Gasteiger partial charge in [-0.1, -0.05) is 38.4 Å². The molecule has 2 rings (SSSR count). The summed E-state index contributed by atoms with van der Waals surface area (Å²) in [5.74, 6) is 0.658. The van der Waals surface area contributed by atoms with Gasteiger partial charge in [0.25, 0.3) is 5.91 Å². The fourth-order valence-electron chi connectivity index (χ4n) is 2.33. The minimum absolute atomic E-state index is 0.0768. The van der Waals surface area contributed by atoms with Crippen LogP contribution in [0.5, 0.6) is 5.75 Å². The zero-order chi connectivity index (χ0) is 19.8. The normalized spacial score (nSPS) is 10.6. The van der Waals surface area contributed by atoms with Gasteiger partial charge in [0, 0.05) is 17.7 Å². The second-order valence-electron chi connectivity index (χ2n) is 6.68. The Morgan fingerprint density at radius 1 is 1.11 bits per heavy atom. The fraction of sp³-hybridized carbons (Fsp3) is 0.333. The van der Waals surface area contributed by atoms with E-state index in [-0.39, 0.29) is 11.8 Å². The summed E-state index contributed by atoms with van der Waals surface area (Å²) in [5, 5.41) is 5.97. The van der Waals surface area contributed by atoms with Gasteiger partial charge in [-0.2, -0.15) is 0 Å². The molecule has 0 unspecified atom stereocenters. The molecule has 0 saturated heterocycles. The number of nitrogens with one attached hydrogen (secondary N) is 2. The summed E-state index contributed by atoms with van der Waals surface area (Å²) in [5.41, 5.74) is 1.49. The highest BCUT2D eigenvalue weighted by molar-refractivity contribution is 6.34. The number of hydrogen-bond acceptors (Lipinski definition) is 3. The van der Waals surface area contributed by atoms with Crippen LogP contribution in [0.2, 0.25) is 5.02 Å². The van der Waals surface area contributed by atoms with Gasteiger partial charge in [-0.15, -0.1) is 0 Å². The van der Waals surface area contributed by atoms with Crippen LogP contribution < -0.4 is 15.4 Å². The van der Waals surface area contributed by atoms with Crippen LogP contribution in [0.3, 0.4) is 0 Å². The standard InChI is InChI=1S/C21H25ClN2O3/c1-4-6-20(25)23-16-9-10-18(22)19(12-16)24-21(26)15-7-5-8-17(11-15)27-13-14(2)3/h5,7-12,14H,4,6,13H2,1-3H3,(H,23,25)(H,24,26). The molecule has 0 aliphatic carbocycles. The monoisotopic (exact) mass is 388 g/mol. The first-order chi connectivity index (χ1) is 12.9. The molecule has 0 spiro atoms. The maximum atomic E-state index is 12.6. The summed E-state index contributed by atoms with van der Waals surface area (Å²) in [6, 6.07) is 12.0. The van der Waals surface area contributed by atoms with Crippen LogP contribution in [0, 0.1) is 5.92 Å². The smallest absolute Gasteiger partial charge is 0.255 e. The molecular formula is C21H25ClN2O3. The number of hydrogen-bond donors (Lipinski definition) is 2. The summed E-state index contributed by atoms with van der Waals surface area (Å²) < 4.78 is 5.66. The third-order valence-corrected chi connectivity index (χ3v) is 3.98. The Bertz CT molecular complexity index is 806. The third kappa shape index (κ3) is 6.61. The van der Waals surface area contributed by atoms with Crippen molar-refractivity contribution in [3.8, 4) is 5.75 Å². The highest BCUT2D eigenvalue weighted by Crippen LogP contribution is 2.26. The number of benzene rings is 2. The molecule has 0 aromatic heterocycles. The van der Waals surface area contributed by atoms with E-state index in [1.165, 1.54) is 0 Å². The molecule has 0 bridgehead atoms. The Kier molecular flexibility index (Phi) is 7.67.